The Morgan fingerprint density at radius 2 is 1.78 bits per heavy atom. The number of aliphatic hydroxyl groups excluding tert-OH is 3. The maximum atomic E-state index is 12.8. The van der Waals surface area contributed by atoms with Crippen molar-refractivity contribution in [3.63, 3.8) is 0 Å². The van der Waals surface area contributed by atoms with E-state index in [2.05, 4.69) is 0 Å². The number of rotatable bonds is 12. The number of benzene rings is 1. The van der Waals surface area contributed by atoms with E-state index < -0.39 is 85.6 Å². The van der Waals surface area contributed by atoms with E-state index in [0.717, 1.165) is 13.0 Å². The number of aromatic hydroxyl groups is 1. The first kappa shape index (κ1) is 35.3. The summed E-state index contributed by atoms with van der Waals surface area (Å²) in [6.07, 6.45) is -3.81. The second-order valence-corrected chi connectivity index (χ2v) is 12.1. The van der Waals surface area contributed by atoms with Gasteiger partial charge in [0.1, 0.15) is 18.0 Å². The molecule has 2 heterocycles. The number of fused-ring (bicyclic) bond motifs is 1. The van der Waals surface area contributed by atoms with Crippen molar-refractivity contribution in [3.05, 3.63) is 47.7 Å². The van der Waals surface area contributed by atoms with Crippen molar-refractivity contribution in [2.24, 2.45) is 17.8 Å². The van der Waals surface area contributed by atoms with Crippen molar-refractivity contribution >= 4 is 24.0 Å². The maximum absolute atomic E-state index is 12.8. The molecule has 2 fully saturated rings. The standard InChI is InChI=1S/C32H42O14/c1-17(2)12-25(38)46-30-26-22(10-11-32(26,40)16-34)20(14-41-30)15-42-31-29(27(39)28(43-18(3)35)23(13-33)44-31)45-24(37)9-6-19-4-7-21(36)8-5-19/h4-9,14,17,22-23,26-31,33-34,36,39-40H,10-13,15-16H2,1-3H3/t22-,23-,26-,27+,28+,29+,30-,31+,32-/m0/s1. The molecule has 254 valence electrons. The minimum absolute atomic E-state index is 0.0334. The third kappa shape index (κ3) is 8.43. The van der Waals surface area contributed by atoms with E-state index in [9.17, 15) is 39.9 Å². The molecule has 2 aliphatic heterocycles. The van der Waals surface area contributed by atoms with Crippen LogP contribution < -0.4 is 0 Å². The van der Waals surface area contributed by atoms with Gasteiger partial charge in [-0.25, -0.2) is 4.79 Å². The molecule has 14 nitrogen and oxygen atoms in total. The molecule has 4 rings (SSSR count). The SMILES string of the molecule is CC(=O)O[C@H]1[C@@H](O)[C@@H](OC(=O)C=Cc2ccc(O)cc2)[C@H](OCC2=CO[C@@H](OC(=O)CC(C)C)[C@@H]3[C@H]2CC[C@]3(O)CO)O[C@H]1CO. The highest BCUT2D eigenvalue weighted by atomic mass is 16.7. The summed E-state index contributed by atoms with van der Waals surface area (Å²) in [5.74, 6) is -3.34. The quantitative estimate of drug-likeness (QED) is 0.121. The summed E-state index contributed by atoms with van der Waals surface area (Å²) >= 11 is 0. The van der Waals surface area contributed by atoms with Gasteiger partial charge in [0.2, 0.25) is 6.29 Å². The van der Waals surface area contributed by atoms with Gasteiger partial charge in [0.05, 0.1) is 37.6 Å². The van der Waals surface area contributed by atoms with Crippen LogP contribution in [-0.2, 0) is 42.8 Å². The minimum atomic E-state index is -1.66. The van der Waals surface area contributed by atoms with Crippen LogP contribution in [0.15, 0.2) is 42.2 Å². The second kappa shape index (κ2) is 15.4. The molecule has 9 atom stereocenters. The third-order valence-electron chi connectivity index (χ3n) is 8.23. The van der Waals surface area contributed by atoms with Crippen LogP contribution in [0, 0.1) is 17.8 Å². The van der Waals surface area contributed by atoms with Crippen LogP contribution in [0.3, 0.4) is 0 Å². The fraction of sp³-hybridized carbons (Fsp3) is 0.594. The van der Waals surface area contributed by atoms with Gasteiger partial charge in [-0.1, -0.05) is 26.0 Å². The van der Waals surface area contributed by atoms with E-state index >= 15 is 0 Å². The lowest BCUT2D eigenvalue weighted by Crippen LogP contribution is -2.61. The average Bonchev–Trinajstić information content (AvgIpc) is 3.36. The molecule has 0 aromatic heterocycles. The predicted octanol–water partition coefficient (Wildman–Crippen LogP) is 0.923. The fourth-order valence-corrected chi connectivity index (χ4v) is 5.99. The van der Waals surface area contributed by atoms with Gasteiger partial charge in [0.25, 0.3) is 0 Å². The number of hydrogen-bond donors (Lipinski definition) is 5. The normalized spacial score (nSPS) is 32.4. The molecular formula is C32H42O14. The van der Waals surface area contributed by atoms with Crippen molar-refractivity contribution in [2.45, 2.75) is 82.6 Å². The largest absolute Gasteiger partial charge is 0.508 e. The molecule has 5 N–H and O–H groups in total. The van der Waals surface area contributed by atoms with E-state index in [1.165, 1.54) is 24.5 Å². The van der Waals surface area contributed by atoms with Gasteiger partial charge in [-0.3, -0.25) is 9.59 Å². The van der Waals surface area contributed by atoms with Gasteiger partial charge >= 0.3 is 17.9 Å². The highest BCUT2D eigenvalue weighted by molar-refractivity contribution is 5.87. The topological polar surface area (TPSA) is 208 Å². The maximum Gasteiger partial charge on any atom is 0.331 e. The summed E-state index contributed by atoms with van der Waals surface area (Å²) < 4.78 is 33.8. The molecule has 0 spiro atoms. The molecule has 1 saturated carbocycles. The minimum Gasteiger partial charge on any atom is -0.508 e. The van der Waals surface area contributed by atoms with Gasteiger partial charge in [0, 0.05) is 19.4 Å². The van der Waals surface area contributed by atoms with Crippen LogP contribution in [0.2, 0.25) is 0 Å². The first-order valence-electron chi connectivity index (χ1n) is 15.1. The predicted molar refractivity (Wildman–Crippen MR) is 157 cm³/mol. The fourth-order valence-electron chi connectivity index (χ4n) is 5.99. The van der Waals surface area contributed by atoms with Gasteiger partial charge < -0.3 is 54.0 Å². The van der Waals surface area contributed by atoms with Crippen LogP contribution in [-0.4, -0.2) is 106 Å². The number of carbonyl (C=O) groups is 3. The zero-order valence-electron chi connectivity index (χ0n) is 25.9. The summed E-state index contributed by atoms with van der Waals surface area (Å²) in [6.45, 7) is 3.35. The molecule has 0 bridgehead atoms. The summed E-state index contributed by atoms with van der Waals surface area (Å²) in [7, 11) is 0. The van der Waals surface area contributed by atoms with Crippen molar-refractivity contribution in [1.82, 2.24) is 0 Å². The van der Waals surface area contributed by atoms with E-state index in [1.807, 2.05) is 13.8 Å². The molecule has 46 heavy (non-hydrogen) atoms. The van der Waals surface area contributed by atoms with Crippen molar-refractivity contribution in [3.8, 4) is 5.75 Å². The average molecular weight is 651 g/mol. The molecule has 1 aromatic rings. The lowest BCUT2D eigenvalue weighted by atomic mass is 9.81. The Hall–Kier alpha value is -3.53. The lowest BCUT2D eigenvalue weighted by Gasteiger charge is -2.43. The van der Waals surface area contributed by atoms with Crippen LogP contribution in [0.25, 0.3) is 6.08 Å². The number of phenolic OH excluding ortho intramolecular Hbond substituents is 1. The Kier molecular flexibility index (Phi) is 11.8. The molecule has 1 aromatic carbocycles. The molecule has 1 saturated heterocycles. The second-order valence-electron chi connectivity index (χ2n) is 12.1. The van der Waals surface area contributed by atoms with Crippen molar-refractivity contribution in [1.29, 1.82) is 0 Å². The number of hydrogen-bond acceptors (Lipinski definition) is 14. The Labute approximate surface area is 266 Å². The van der Waals surface area contributed by atoms with E-state index in [-0.39, 0.29) is 31.1 Å². The molecule has 0 radical (unpaired) electrons. The van der Waals surface area contributed by atoms with E-state index in [0.29, 0.717) is 17.6 Å². The first-order chi connectivity index (χ1) is 21.8. The van der Waals surface area contributed by atoms with Gasteiger partial charge in [0.15, 0.2) is 18.5 Å². The lowest BCUT2D eigenvalue weighted by molar-refractivity contribution is -0.304. The van der Waals surface area contributed by atoms with E-state index in [1.54, 1.807) is 12.1 Å². The summed E-state index contributed by atoms with van der Waals surface area (Å²) in [5.41, 5.74) is -0.498. The number of esters is 3. The molecular weight excluding hydrogens is 608 g/mol. The summed E-state index contributed by atoms with van der Waals surface area (Å²) in [4.78, 5) is 37.0. The Morgan fingerprint density at radius 1 is 1.07 bits per heavy atom. The zero-order chi connectivity index (χ0) is 33.6. The monoisotopic (exact) mass is 650 g/mol. The van der Waals surface area contributed by atoms with Crippen molar-refractivity contribution in [2.75, 3.05) is 19.8 Å². The molecule has 0 unspecified atom stereocenters. The Balaban J connectivity index is 1.52. The van der Waals surface area contributed by atoms with Gasteiger partial charge in [-0.2, -0.15) is 0 Å². The van der Waals surface area contributed by atoms with Gasteiger partial charge in [-0.15, -0.1) is 0 Å². The van der Waals surface area contributed by atoms with E-state index in [4.69, 9.17) is 28.4 Å². The summed E-state index contributed by atoms with van der Waals surface area (Å²) in [5, 5.41) is 51.8. The van der Waals surface area contributed by atoms with Crippen molar-refractivity contribution < 1.29 is 68.3 Å². The van der Waals surface area contributed by atoms with Crippen LogP contribution >= 0.6 is 0 Å². The highest BCUT2D eigenvalue weighted by Gasteiger charge is 2.56. The van der Waals surface area contributed by atoms with Crippen LogP contribution in [0.5, 0.6) is 5.75 Å². The first-order valence-corrected chi connectivity index (χ1v) is 15.1. The summed E-state index contributed by atoms with van der Waals surface area (Å²) in [6, 6.07) is 6.00. The number of aliphatic hydroxyl groups is 4. The Bertz CT molecular complexity index is 1280. The number of phenols is 1. The third-order valence-corrected chi connectivity index (χ3v) is 8.23. The van der Waals surface area contributed by atoms with Crippen LogP contribution in [0.4, 0.5) is 0 Å². The number of ether oxygens (including phenoxy) is 6. The van der Waals surface area contributed by atoms with Gasteiger partial charge in [-0.05, 0) is 54.0 Å². The smallest absolute Gasteiger partial charge is 0.331 e. The van der Waals surface area contributed by atoms with Crippen LogP contribution in [0.1, 0.15) is 45.6 Å². The molecule has 3 aliphatic rings. The molecule has 14 heteroatoms. The molecule has 0 amide bonds. The number of carbonyl (C=O) groups excluding carboxylic acids is 3. The Morgan fingerprint density at radius 3 is 2.41 bits per heavy atom. The molecule has 1 aliphatic carbocycles. The zero-order valence-corrected chi connectivity index (χ0v) is 25.9. The highest BCUT2D eigenvalue weighted by Crippen LogP contribution is 2.49.